The van der Waals surface area contributed by atoms with Crippen molar-refractivity contribution < 1.29 is 21.6 Å². The molecule has 1 aliphatic rings. The molecule has 23 heavy (non-hydrogen) atoms. The molecule has 0 radical (unpaired) electrons. The van der Waals surface area contributed by atoms with Gasteiger partial charge in [0, 0.05) is 5.75 Å². The van der Waals surface area contributed by atoms with Crippen LogP contribution in [0, 0.1) is 5.41 Å². The molecule has 2 aromatic rings. The maximum Gasteiger partial charge on any atom is 0.416 e. The lowest BCUT2D eigenvalue weighted by Crippen LogP contribution is -2.30. The van der Waals surface area contributed by atoms with Gasteiger partial charge in [-0.15, -0.1) is 0 Å². The van der Waals surface area contributed by atoms with Gasteiger partial charge < -0.3 is 4.57 Å². The maximum atomic E-state index is 13.0. The SMILES string of the molecule is CCS(=O)(=O)CC1CCc2cc(C(F)(F)F)cc3sc(=N)n1c23. The minimum absolute atomic E-state index is 0.0184. The second kappa shape index (κ2) is 5.34. The zero-order chi connectivity index (χ0) is 17.0. The van der Waals surface area contributed by atoms with Gasteiger partial charge in [0.15, 0.2) is 14.6 Å². The third-order valence-corrected chi connectivity index (χ3v) is 6.84. The van der Waals surface area contributed by atoms with Crippen LogP contribution in [0.3, 0.4) is 0 Å². The number of aryl methyl sites for hydroxylation is 1. The second-order valence-corrected chi connectivity index (χ2v) is 9.08. The van der Waals surface area contributed by atoms with E-state index in [0.717, 1.165) is 23.5 Å². The molecule has 126 valence electrons. The van der Waals surface area contributed by atoms with Gasteiger partial charge in [-0.1, -0.05) is 18.3 Å². The number of thiazole rings is 1. The third-order valence-electron chi connectivity index (χ3n) is 4.15. The van der Waals surface area contributed by atoms with E-state index in [-0.39, 0.29) is 22.3 Å². The summed E-state index contributed by atoms with van der Waals surface area (Å²) in [5.41, 5.74) is 0.401. The van der Waals surface area contributed by atoms with E-state index >= 15 is 0 Å². The Labute approximate surface area is 135 Å². The van der Waals surface area contributed by atoms with E-state index in [1.807, 2.05) is 0 Å². The summed E-state index contributed by atoms with van der Waals surface area (Å²) in [4.78, 5) is 0.0941. The number of alkyl halides is 3. The molecule has 1 N–H and O–H groups in total. The van der Waals surface area contributed by atoms with Gasteiger partial charge in [-0.05, 0) is 30.5 Å². The zero-order valence-corrected chi connectivity index (χ0v) is 13.9. The molecule has 1 aliphatic heterocycles. The molecule has 1 atom stereocenters. The summed E-state index contributed by atoms with van der Waals surface area (Å²) in [5.74, 6) is -0.0586. The number of hydrogen-bond donors (Lipinski definition) is 1. The molecule has 1 aromatic heterocycles. The minimum atomic E-state index is -4.43. The van der Waals surface area contributed by atoms with Crippen molar-refractivity contribution in [1.29, 1.82) is 5.41 Å². The summed E-state index contributed by atoms with van der Waals surface area (Å²) in [7, 11) is -3.22. The van der Waals surface area contributed by atoms with Crippen LogP contribution in [0.4, 0.5) is 13.2 Å². The number of sulfone groups is 1. The lowest BCUT2D eigenvalue weighted by molar-refractivity contribution is -0.137. The fourth-order valence-electron chi connectivity index (χ4n) is 2.99. The van der Waals surface area contributed by atoms with Crippen molar-refractivity contribution >= 4 is 31.4 Å². The van der Waals surface area contributed by atoms with E-state index in [4.69, 9.17) is 5.41 Å². The molecular weight excluding hydrogens is 349 g/mol. The van der Waals surface area contributed by atoms with Crippen LogP contribution in [-0.2, 0) is 22.4 Å². The number of benzene rings is 1. The van der Waals surface area contributed by atoms with Crippen LogP contribution < -0.4 is 4.80 Å². The van der Waals surface area contributed by atoms with Crippen LogP contribution >= 0.6 is 11.3 Å². The highest BCUT2D eigenvalue weighted by Crippen LogP contribution is 2.38. The molecule has 0 saturated heterocycles. The monoisotopic (exact) mass is 364 g/mol. The Morgan fingerprint density at radius 3 is 2.70 bits per heavy atom. The number of hydrogen-bond acceptors (Lipinski definition) is 4. The van der Waals surface area contributed by atoms with Gasteiger partial charge in [0.05, 0.1) is 27.6 Å². The third kappa shape index (κ3) is 2.91. The van der Waals surface area contributed by atoms with Gasteiger partial charge in [0.1, 0.15) is 0 Å². The molecule has 0 aliphatic carbocycles. The molecule has 0 bridgehead atoms. The molecule has 0 saturated carbocycles. The Bertz CT molecular complexity index is 926. The Kier molecular flexibility index (Phi) is 3.83. The minimum Gasteiger partial charge on any atom is -0.313 e. The van der Waals surface area contributed by atoms with Crippen LogP contribution in [0.15, 0.2) is 12.1 Å². The van der Waals surface area contributed by atoms with Gasteiger partial charge in [-0.2, -0.15) is 13.2 Å². The molecule has 2 heterocycles. The quantitative estimate of drug-likeness (QED) is 0.910. The first-order chi connectivity index (χ1) is 10.6. The smallest absolute Gasteiger partial charge is 0.313 e. The topological polar surface area (TPSA) is 62.9 Å². The van der Waals surface area contributed by atoms with E-state index in [1.54, 1.807) is 11.5 Å². The van der Waals surface area contributed by atoms with Crippen LogP contribution in [-0.4, -0.2) is 24.5 Å². The van der Waals surface area contributed by atoms with Crippen molar-refractivity contribution in [2.45, 2.75) is 32.0 Å². The Hall–Kier alpha value is -1.35. The number of aromatic nitrogens is 1. The van der Waals surface area contributed by atoms with Gasteiger partial charge in [0.2, 0.25) is 0 Å². The Morgan fingerprint density at radius 2 is 2.09 bits per heavy atom. The maximum absolute atomic E-state index is 13.0. The first-order valence-corrected chi connectivity index (χ1v) is 9.76. The number of halogens is 3. The van der Waals surface area contributed by atoms with Crippen LogP contribution in [0.1, 0.15) is 30.5 Å². The van der Waals surface area contributed by atoms with Crippen molar-refractivity contribution in [2.75, 3.05) is 11.5 Å². The van der Waals surface area contributed by atoms with Crippen LogP contribution in [0.2, 0.25) is 0 Å². The summed E-state index contributed by atoms with van der Waals surface area (Å²) < 4.78 is 64.7. The van der Waals surface area contributed by atoms with Gasteiger partial charge in [-0.3, -0.25) is 5.41 Å². The average Bonchev–Trinajstić information content (AvgIpc) is 2.78. The molecule has 3 rings (SSSR count). The van der Waals surface area contributed by atoms with E-state index in [1.165, 1.54) is 0 Å². The fraction of sp³-hybridized carbons (Fsp3) is 0.500. The molecule has 0 spiro atoms. The number of nitrogens with zero attached hydrogens (tertiary/aromatic N) is 1. The van der Waals surface area contributed by atoms with Gasteiger partial charge >= 0.3 is 6.18 Å². The number of rotatable bonds is 3. The molecule has 1 unspecified atom stereocenters. The van der Waals surface area contributed by atoms with E-state index in [2.05, 4.69) is 0 Å². The lowest BCUT2D eigenvalue weighted by atomic mass is 9.98. The Morgan fingerprint density at radius 1 is 1.39 bits per heavy atom. The largest absolute Gasteiger partial charge is 0.416 e. The average molecular weight is 364 g/mol. The molecule has 0 fully saturated rings. The zero-order valence-electron chi connectivity index (χ0n) is 12.3. The normalized spacial score (nSPS) is 18.5. The summed E-state index contributed by atoms with van der Waals surface area (Å²) in [6.07, 6.45) is -3.61. The highest BCUT2D eigenvalue weighted by Gasteiger charge is 2.34. The standard InChI is InChI=1S/C14H15F3N2O2S2/c1-2-23(20,21)7-10-4-3-8-5-9(14(15,16)17)6-11-12(8)19(10)13(18)22-11/h5-6,10,18H,2-4,7H2,1H3. The van der Waals surface area contributed by atoms with E-state index in [0.29, 0.717) is 28.6 Å². The summed E-state index contributed by atoms with van der Waals surface area (Å²) >= 11 is 0.960. The van der Waals surface area contributed by atoms with E-state index in [9.17, 15) is 21.6 Å². The predicted molar refractivity (Wildman–Crippen MR) is 82.4 cm³/mol. The van der Waals surface area contributed by atoms with Crippen LogP contribution in [0.25, 0.3) is 10.2 Å². The van der Waals surface area contributed by atoms with E-state index < -0.39 is 21.6 Å². The number of nitrogens with one attached hydrogen (secondary N) is 1. The van der Waals surface area contributed by atoms with Crippen molar-refractivity contribution in [3.8, 4) is 0 Å². The summed E-state index contributed by atoms with van der Waals surface area (Å²) in [5, 5.41) is 8.06. The second-order valence-electron chi connectivity index (χ2n) is 5.65. The van der Waals surface area contributed by atoms with Crippen molar-refractivity contribution in [1.82, 2.24) is 4.57 Å². The predicted octanol–water partition coefficient (Wildman–Crippen LogP) is 3.12. The summed E-state index contributed by atoms with van der Waals surface area (Å²) in [6, 6.07) is 1.79. The fourth-order valence-corrected chi connectivity index (χ4v) is 5.19. The lowest BCUT2D eigenvalue weighted by Gasteiger charge is -2.25. The highest BCUT2D eigenvalue weighted by molar-refractivity contribution is 7.91. The molecule has 4 nitrogen and oxygen atoms in total. The van der Waals surface area contributed by atoms with Crippen molar-refractivity contribution in [2.24, 2.45) is 0 Å². The van der Waals surface area contributed by atoms with Gasteiger partial charge in [-0.25, -0.2) is 8.42 Å². The summed E-state index contributed by atoms with van der Waals surface area (Å²) in [6.45, 7) is 1.57. The van der Waals surface area contributed by atoms with Crippen LogP contribution in [0.5, 0.6) is 0 Å². The highest BCUT2D eigenvalue weighted by atomic mass is 32.2. The Balaban J connectivity index is 2.18. The molecule has 9 heteroatoms. The molecule has 0 amide bonds. The first kappa shape index (κ1) is 16.5. The van der Waals surface area contributed by atoms with Crippen molar-refractivity contribution in [3.63, 3.8) is 0 Å². The first-order valence-electron chi connectivity index (χ1n) is 7.12. The molecular formula is C14H15F3N2O2S2. The molecule has 1 aromatic carbocycles. The van der Waals surface area contributed by atoms with Gasteiger partial charge in [0.25, 0.3) is 0 Å². The van der Waals surface area contributed by atoms with Crippen molar-refractivity contribution in [3.05, 3.63) is 28.1 Å².